The molecule has 1 aliphatic rings. The Balaban J connectivity index is 2.55. The highest BCUT2D eigenvalue weighted by atomic mass is 31.2. The summed E-state index contributed by atoms with van der Waals surface area (Å²) in [6.45, 7) is 7.78. The Hall–Kier alpha value is -0.740. The van der Waals surface area contributed by atoms with E-state index in [-0.39, 0.29) is 38.6 Å². The first-order valence-corrected chi connectivity index (χ1v) is 16.8. The first kappa shape index (κ1) is 36.3. The maximum absolute atomic E-state index is 14.2. The molecule has 0 aromatic heterocycles. The highest BCUT2D eigenvalue weighted by molar-refractivity contribution is 7.53. The second-order valence-corrected chi connectivity index (χ2v) is 13.0. The topological polar surface area (TPSA) is 101 Å². The minimum absolute atomic E-state index is 0.0141. The van der Waals surface area contributed by atoms with Crippen LogP contribution in [0.1, 0.15) is 90.9 Å². The molecular weight excluding hydrogens is 521 g/mol. The SMILES string of the molecule is CCCCCCCC(CCCCCCC)OP(=O)(N(C)C)N1CCN(C(=O)OCCOCCOCCO)CC1. The molecule has 1 N–H and O–H groups in total. The van der Waals surface area contributed by atoms with E-state index in [1.165, 1.54) is 51.4 Å². The Morgan fingerprint density at radius 1 is 0.795 bits per heavy atom. The zero-order chi connectivity index (χ0) is 28.8. The van der Waals surface area contributed by atoms with Crippen molar-refractivity contribution in [2.24, 2.45) is 0 Å². The standard InChI is InChI=1S/C28H58N3O7P/c1-5-7-9-11-13-15-27(16-14-12-10-8-6-2)38-39(34,29(3)4)31-19-17-30(18-20-31)28(33)37-26-25-36-24-23-35-22-21-32/h27,32H,5-26H2,1-4H3. The predicted octanol–water partition coefficient (Wildman–Crippen LogP) is 5.54. The van der Waals surface area contributed by atoms with Gasteiger partial charge in [0.05, 0.1) is 39.1 Å². The van der Waals surface area contributed by atoms with Crippen molar-refractivity contribution in [1.29, 1.82) is 0 Å². The highest BCUT2D eigenvalue weighted by Gasteiger charge is 2.39. The van der Waals surface area contributed by atoms with E-state index in [0.717, 1.165) is 25.7 Å². The van der Waals surface area contributed by atoms with Gasteiger partial charge in [0.2, 0.25) is 0 Å². The third-order valence-electron chi connectivity index (χ3n) is 6.98. The quantitative estimate of drug-likeness (QED) is 0.117. The summed E-state index contributed by atoms with van der Waals surface area (Å²) < 4.78 is 40.2. The summed E-state index contributed by atoms with van der Waals surface area (Å²) in [5.74, 6) is 0. The van der Waals surface area contributed by atoms with Gasteiger partial charge < -0.3 is 28.7 Å². The molecule has 39 heavy (non-hydrogen) atoms. The number of carbonyl (C=O) groups excluding carboxylic acids is 1. The number of aliphatic hydroxyl groups excluding tert-OH is 1. The molecule has 1 atom stereocenters. The van der Waals surface area contributed by atoms with Gasteiger partial charge in [-0.2, -0.15) is 0 Å². The molecule has 1 aliphatic heterocycles. The Bertz CT molecular complexity index is 635. The Morgan fingerprint density at radius 2 is 1.31 bits per heavy atom. The van der Waals surface area contributed by atoms with Gasteiger partial charge in [-0.3, -0.25) is 4.57 Å². The number of amides is 1. The van der Waals surface area contributed by atoms with Gasteiger partial charge in [0.15, 0.2) is 0 Å². The van der Waals surface area contributed by atoms with Crippen LogP contribution in [-0.2, 0) is 23.3 Å². The molecule has 0 radical (unpaired) electrons. The van der Waals surface area contributed by atoms with Gasteiger partial charge in [-0.15, -0.1) is 0 Å². The number of aliphatic hydroxyl groups is 1. The summed E-state index contributed by atoms with van der Waals surface area (Å²) in [6.07, 6.45) is 13.5. The van der Waals surface area contributed by atoms with Crippen LogP contribution in [0.2, 0.25) is 0 Å². The van der Waals surface area contributed by atoms with Crippen molar-refractivity contribution < 1.29 is 33.2 Å². The second kappa shape index (κ2) is 22.9. The van der Waals surface area contributed by atoms with Crippen LogP contribution in [0.3, 0.4) is 0 Å². The smallest absolute Gasteiger partial charge is 0.409 e. The number of hydrogen-bond acceptors (Lipinski definition) is 7. The first-order valence-electron chi connectivity index (χ1n) is 15.3. The lowest BCUT2D eigenvalue weighted by atomic mass is 10.0. The summed E-state index contributed by atoms with van der Waals surface area (Å²) in [6, 6.07) is 0. The predicted molar refractivity (Wildman–Crippen MR) is 156 cm³/mol. The molecule has 11 heteroatoms. The van der Waals surface area contributed by atoms with Crippen LogP contribution in [0.5, 0.6) is 0 Å². The molecular formula is C28H58N3O7P. The molecule has 1 rings (SSSR count). The maximum Gasteiger partial charge on any atom is 0.409 e. The lowest BCUT2D eigenvalue weighted by molar-refractivity contribution is 0.0125. The van der Waals surface area contributed by atoms with Gasteiger partial charge in [-0.1, -0.05) is 78.1 Å². The lowest BCUT2D eigenvalue weighted by Crippen LogP contribution is -2.49. The number of rotatable bonds is 24. The second-order valence-electron chi connectivity index (χ2n) is 10.5. The van der Waals surface area contributed by atoms with Gasteiger partial charge in [-0.05, 0) is 26.9 Å². The summed E-state index contributed by atoms with van der Waals surface area (Å²) in [5, 5.41) is 8.67. The molecule has 232 valence electrons. The average molecular weight is 580 g/mol. The Morgan fingerprint density at radius 3 is 1.82 bits per heavy atom. The number of carbonyl (C=O) groups is 1. The first-order chi connectivity index (χ1) is 18.9. The molecule has 0 aromatic carbocycles. The molecule has 10 nitrogen and oxygen atoms in total. The van der Waals surface area contributed by atoms with Crippen LogP contribution in [0.4, 0.5) is 4.79 Å². The Kier molecular flexibility index (Phi) is 21.3. The zero-order valence-corrected chi connectivity index (χ0v) is 26.2. The number of nitrogens with zero attached hydrogens (tertiary/aromatic N) is 3. The van der Waals surface area contributed by atoms with Crippen molar-refractivity contribution in [3.05, 3.63) is 0 Å². The van der Waals surface area contributed by atoms with Crippen molar-refractivity contribution in [3.63, 3.8) is 0 Å². The van der Waals surface area contributed by atoms with E-state index >= 15 is 0 Å². The van der Waals surface area contributed by atoms with E-state index in [1.807, 2.05) is 18.8 Å². The lowest BCUT2D eigenvalue weighted by Gasteiger charge is -2.41. The van der Waals surface area contributed by atoms with Crippen LogP contribution in [0.15, 0.2) is 0 Å². The highest BCUT2D eigenvalue weighted by Crippen LogP contribution is 2.54. The molecule has 1 unspecified atom stereocenters. The van der Waals surface area contributed by atoms with Crippen molar-refractivity contribution >= 4 is 13.8 Å². The summed E-state index contributed by atoms with van der Waals surface area (Å²) in [4.78, 5) is 14.1. The minimum Gasteiger partial charge on any atom is -0.447 e. The maximum atomic E-state index is 14.2. The van der Waals surface area contributed by atoms with E-state index in [9.17, 15) is 9.36 Å². The molecule has 1 heterocycles. The largest absolute Gasteiger partial charge is 0.447 e. The van der Waals surface area contributed by atoms with Crippen LogP contribution in [-0.4, -0.2) is 111 Å². The molecule has 1 saturated heterocycles. The normalized spacial score (nSPS) is 16.2. The average Bonchev–Trinajstić information content (AvgIpc) is 2.93. The third-order valence-corrected chi connectivity index (χ3v) is 9.68. The van der Waals surface area contributed by atoms with E-state index in [4.69, 9.17) is 23.8 Å². The number of unbranched alkanes of at least 4 members (excludes halogenated alkanes) is 8. The summed E-state index contributed by atoms with van der Waals surface area (Å²) >= 11 is 0. The van der Waals surface area contributed by atoms with Crippen LogP contribution in [0, 0.1) is 0 Å². The van der Waals surface area contributed by atoms with Crippen molar-refractivity contribution in [2.75, 3.05) is 79.9 Å². The molecule has 1 amide bonds. The zero-order valence-electron chi connectivity index (χ0n) is 25.3. The molecule has 0 spiro atoms. The van der Waals surface area contributed by atoms with Crippen LogP contribution < -0.4 is 0 Å². The summed E-state index contributed by atoms with van der Waals surface area (Å²) in [5.41, 5.74) is 0. The number of hydrogen-bond donors (Lipinski definition) is 1. The number of ether oxygens (including phenoxy) is 3. The number of piperazine rings is 1. The van der Waals surface area contributed by atoms with Gasteiger partial charge in [-0.25, -0.2) is 14.1 Å². The summed E-state index contributed by atoms with van der Waals surface area (Å²) in [7, 11) is 0.454. The molecule has 0 aromatic rings. The van der Waals surface area contributed by atoms with Crippen molar-refractivity contribution in [1.82, 2.24) is 14.2 Å². The molecule has 1 fully saturated rings. The van der Waals surface area contributed by atoms with Gasteiger partial charge in [0.25, 0.3) is 0 Å². The van der Waals surface area contributed by atoms with Crippen LogP contribution in [0.25, 0.3) is 0 Å². The van der Waals surface area contributed by atoms with Gasteiger partial charge >= 0.3 is 13.8 Å². The van der Waals surface area contributed by atoms with E-state index in [1.54, 1.807) is 9.57 Å². The molecule has 0 bridgehead atoms. The van der Waals surface area contributed by atoms with Gasteiger partial charge in [0, 0.05) is 26.2 Å². The minimum atomic E-state index is -3.20. The molecule has 0 saturated carbocycles. The van der Waals surface area contributed by atoms with Crippen molar-refractivity contribution in [2.45, 2.75) is 97.0 Å². The Labute approximate surface area is 238 Å². The van der Waals surface area contributed by atoms with E-state index in [0.29, 0.717) is 39.4 Å². The van der Waals surface area contributed by atoms with Crippen LogP contribution >= 0.6 is 7.67 Å². The van der Waals surface area contributed by atoms with Crippen molar-refractivity contribution in [3.8, 4) is 0 Å². The fourth-order valence-corrected chi connectivity index (χ4v) is 6.72. The fourth-order valence-electron chi connectivity index (χ4n) is 4.61. The van der Waals surface area contributed by atoms with E-state index in [2.05, 4.69) is 13.8 Å². The molecule has 0 aliphatic carbocycles. The van der Waals surface area contributed by atoms with E-state index < -0.39 is 7.67 Å². The monoisotopic (exact) mass is 579 g/mol. The fraction of sp³-hybridized carbons (Fsp3) is 0.964. The third kappa shape index (κ3) is 15.7. The van der Waals surface area contributed by atoms with Gasteiger partial charge in [0.1, 0.15) is 6.61 Å².